The molecule has 3 nitrogen and oxygen atoms in total. The third kappa shape index (κ3) is 3.40. The molecule has 1 fully saturated rings. The molecule has 1 aliphatic heterocycles. The van der Waals surface area contributed by atoms with Gasteiger partial charge in [-0.05, 0) is 43.7 Å². The number of amides is 1. The van der Waals surface area contributed by atoms with E-state index in [1.165, 1.54) is 11.1 Å². The minimum absolute atomic E-state index is 0.219. The van der Waals surface area contributed by atoms with Crippen molar-refractivity contribution in [3.8, 4) is 0 Å². The Hall–Kier alpha value is -1.35. The van der Waals surface area contributed by atoms with Gasteiger partial charge in [-0.25, -0.2) is 0 Å². The van der Waals surface area contributed by atoms with E-state index in [0.29, 0.717) is 18.9 Å². The number of carbonyl (C=O) groups is 1. The van der Waals surface area contributed by atoms with Crippen LogP contribution in [0.1, 0.15) is 36.5 Å². The van der Waals surface area contributed by atoms with Crippen LogP contribution in [0.25, 0.3) is 0 Å². The lowest BCUT2D eigenvalue weighted by Crippen LogP contribution is -2.49. The fourth-order valence-electron chi connectivity index (χ4n) is 3.06. The molecule has 1 saturated heterocycles. The number of piperidine rings is 1. The average molecular weight is 274 g/mol. The SMILES string of the molecule is Cc1ccc(C)c(CC(=O)N2CCC(C)CC2CN)c1. The highest BCUT2D eigenvalue weighted by atomic mass is 16.2. The fourth-order valence-corrected chi connectivity index (χ4v) is 3.06. The molecule has 0 spiro atoms. The van der Waals surface area contributed by atoms with Gasteiger partial charge in [0.15, 0.2) is 0 Å². The van der Waals surface area contributed by atoms with E-state index in [4.69, 9.17) is 5.73 Å². The average Bonchev–Trinajstić information content (AvgIpc) is 2.42. The smallest absolute Gasteiger partial charge is 0.227 e. The van der Waals surface area contributed by atoms with Crippen LogP contribution in [0.2, 0.25) is 0 Å². The van der Waals surface area contributed by atoms with Gasteiger partial charge in [-0.1, -0.05) is 30.7 Å². The summed E-state index contributed by atoms with van der Waals surface area (Å²) in [5.41, 5.74) is 9.39. The quantitative estimate of drug-likeness (QED) is 0.920. The zero-order chi connectivity index (χ0) is 14.7. The predicted molar refractivity (Wildman–Crippen MR) is 82.6 cm³/mol. The molecule has 1 aliphatic rings. The molecule has 1 aromatic rings. The van der Waals surface area contributed by atoms with Crippen LogP contribution in [0.15, 0.2) is 18.2 Å². The van der Waals surface area contributed by atoms with E-state index in [9.17, 15) is 4.79 Å². The van der Waals surface area contributed by atoms with E-state index >= 15 is 0 Å². The molecule has 0 aliphatic carbocycles. The maximum atomic E-state index is 12.6. The summed E-state index contributed by atoms with van der Waals surface area (Å²) in [4.78, 5) is 14.6. The highest BCUT2D eigenvalue weighted by Crippen LogP contribution is 2.23. The standard InChI is InChI=1S/C17H26N2O/c1-12-4-5-14(3)15(8-12)10-17(20)19-7-6-13(2)9-16(19)11-18/h4-5,8,13,16H,6-7,9-11,18H2,1-3H3. The molecule has 1 aromatic carbocycles. The number of aryl methyl sites for hydroxylation is 2. The first kappa shape index (κ1) is 15.0. The Kier molecular flexibility index (Phi) is 4.81. The predicted octanol–water partition coefficient (Wildman–Crippen LogP) is 2.43. The van der Waals surface area contributed by atoms with E-state index in [-0.39, 0.29) is 11.9 Å². The first-order chi connectivity index (χ1) is 9.51. The summed E-state index contributed by atoms with van der Waals surface area (Å²) in [6.07, 6.45) is 2.63. The van der Waals surface area contributed by atoms with Gasteiger partial charge in [-0.3, -0.25) is 4.79 Å². The monoisotopic (exact) mass is 274 g/mol. The van der Waals surface area contributed by atoms with Crippen LogP contribution in [0, 0.1) is 19.8 Å². The van der Waals surface area contributed by atoms with Crippen molar-refractivity contribution < 1.29 is 4.79 Å². The zero-order valence-corrected chi connectivity index (χ0v) is 12.9. The van der Waals surface area contributed by atoms with Gasteiger partial charge in [0.2, 0.25) is 5.91 Å². The Morgan fingerprint density at radius 1 is 1.40 bits per heavy atom. The fraction of sp³-hybridized carbons (Fsp3) is 0.588. The molecular formula is C17H26N2O. The van der Waals surface area contributed by atoms with Crippen molar-refractivity contribution >= 4 is 5.91 Å². The normalized spacial score (nSPS) is 22.9. The zero-order valence-electron chi connectivity index (χ0n) is 12.9. The second kappa shape index (κ2) is 6.40. The Morgan fingerprint density at radius 2 is 2.15 bits per heavy atom. The van der Waals surface area contributed by atoms with Crippen LogP contribution in [0.3, 0.4) is 0 Å². The lowest BCUT2D eigenvalue weighted by molar-refractivity contribution is -0.134. The second-order valence-electron chi connectivity index (χ2n) is 6.21. The van der Waals surface area contributed by atoms with E-state index in [1.54, 1.807) is 0 Å². The molecule has 0 bridgehead atoms. The van der Waals surface area contributed by atoms with Crippen molar-refractivity contribution in [2.45, 2.75) is 46.1 Å². The summed E-state index contributed by atoms with van der Waals surface area (Å²) in [6, 6.07) is 6.53. The third-order valence-corrected chi connectivity index (χ3v) is 4.42. The highest BCUT2D eigenvalue weighted by Gasteiger charge is 2.28. The molecule has 1 amide bonds. The molecule has 2 atom stereocenters. The number of likely N-dealkylation sites (tertiary alicyclic amines) is 1. The summed E-state index contributed by atoms with van der Waals surface area (Å²) in [5.74, 6) is 0.898. The Labute approximate surface area is 122 Å². The minimum Gasteiger partial charge on any atom is -0.338 e. The van der Waals surface area contributed by atoms with Gasteiger partial charge >= 0.3 is 0 Å². The van der Waals surface area contributed by atoms with Crippen molar-refractivity contribution in [3.05, 3.63) is 34.9 Å². The number of rotatable bonds is 3. The van der Waals surface area contributed by atoms with Crippen LogP contribution in [-0.4, -0.2) is 29.9 Å². The molecule has 20 heavy (non-hydrogen) atoms. The van der Waals surface area contributed by atoms with Gasteiger partial charge in [0.1, 0.15) is 0 Å². The van der Waals surface area contributed by atoms with Crippen molar-refractivity contribution in [1.29, 1.82) is 0 Å². The minimum atomic E-state index is 0.219. The third-order valence-electron chi connectivity index (χ3n) is 4.42. The van der Waals surface area contributed by atoms with Crippen molar-refractivity contribution in [2.24, 2.45) is 11.7 Å². The molecule has 2 rings (SSSR count). The Balaban J connectivity index is 2.09. The van der Waals surface area contributed by atoms with Crippen LogP contribution >= 0.6 is 0 Å². The summed E-state index contributed by atoms with van der Waals surface area (Å²) < 4.78 is 0. The first-order valence-corrected chi connectivity index (χ1v) is 7.57. The van der Waals surface area contributed by atoms with E-state index in [2.05, 4.69) is 39.0 Å². The molecule has 0 radical (unpaired) electrons. The largest absolute Gasteiger partial charge is 0.338 e. The Morgan fingerprint density at radius 3 is 2.85 bits per heavy atom. The van der Waals surface area contributed by atoms with Crippen LogP contribution in [0.4, 0.5) is 0 Å². The number of hydrogen-bond acceptors (Lipinski definition) is 2. The number of nitrogens with zero attached hydrogens (tertiary/aromatic N) is 1. The molecule has 1 heterocycles. The van der Waals surface area contributed by atoms with Crippen molar-refractivity contribution in [3.63, 3.8) is 0 Å². The lowest BCUT2D eigenvalue weighted by Gasteiger charge is -2.38. The molecule has 2 N–H and O–H groups in total. The molecule has 3 heteroatoms. The van der Waals surface area contributed by atoms with Gasteiger partial charge < -0.3 is 10.6 Å². The highest BCUT2D eigenvalue weighted by molar-refractivity contribution is 5.79. The number of carbonyl (C=O) groups excluding carboxylic acids is 1. The van der Waals surface area contributed by atoms with Gasteiger partial charge in [-0.15, -0.1) is 0 Å². The topological polar surface area (TPSA) is 46.3 Å². The van der Waals surface area contributed by atoms with E-state index < -0.39 is 0 Å². The van der Waals surface area contributed by atoms with Gasteiger partial charge in [0.25, 0.3) is 0 Å². The number of benzene rings is 1. The summed E-state index contributed by atoms with van der Waals surface area (Å²) >= 11 is 0. The maximum absolute atomic E-state index is 12.6. The Bertz CT molecular complexity index is 484. The van der Waals surface area contributed by atoms with Gasteiger partial charge in [-0.2, -0.15) is 0 Å². The summed E-state index contributed by atoms with van der Waals surface area (Å²) in [5, 5.41) is 0. The maximum Gasteiger partial charge on any atom is 0.227 e. The number of hydrogen-bond donors (Lipinski definition) is 1. The molecule has 110 valence electrons. The van der Waals surface area contributed by atoms with Crippen LogP contribution in [0.5, 0.6) is 0 Å². The molecule has 0 saturated carbocycles. The second-order valence-corrected chi connectivity index (χ2v) is 6.21. The van der Waals surface area contributed by atoms with Crippen molar-refractivity contribution in [1.82, 2.24) is 4.90 Å². The summed E-state index contributed by atoms with van der Waals surface area (Å²) in [7, 11) is 0. The lowest BCUT2D eigenvalue weighted by atomic mass is 9.91. The van der Waals surface area contributed by atoms with E-state index in [0.717, 1.165) is 24.9 Å². The van der Waals surface area contributed by atoms with Crippen LogP contribution in [-0.2, 0) is 11.2 Å². The molecule has 2 unspecified atom stereocenters. The summed E-state index contributed by atoms with van der Waals surface area (Å²) in [6.45, 7) is 7.81. The number of nitrogens with two attached hydrogens (primary N) is 1. The van der Waals surface area contributed by atoms with Crippen LogP contribution < -0.4 is 5.73 Å². The molecular weight excluding hydrogens is 248 g/mol. The first-order valence-electron chi connectivity index (χ1n) is 7.57. The van der Waals surface area contributed by atoms with E-state index in [1.807, 2.05) is 4.90 Å². The van der Waals surface area contributed by atoms with Crippen molar-refractivity contribution in [2.75, 3.05) is 13.1 Å². The molecule has 0 aromatic heterocycles. The van der Waals surface area contributed by atoms with Gasteiger partial charge in [0, 0.05) is 19.1 Å². The van der Waals surface area contributed by atoms with Gasteiger partial charge in [0.05, 0.1) is 6.42 Å².